The van der Waals surface area contributed by atoms with E-state index in [0.29, 0.717) is 5.92 Å². The minimum absolute atomic E-state index is 0.0429. The summed E-state index contributed by atoms with van der Waals surface area (Å²) >= 11 is 0. The lowest BCUT2D eigenvalue weighted by Gasteiger charge is -2.16. The summed E-state index contributed by atoms with van der Waals surface area (Å²) in [5.41, 5.74) is 8.03. The standard InChI is InChI=1S/C12H15NO/c1-8(12(13)14)10-7-6-9-4-2-3-5-11(9)10/h2-5,8,10H,6-7H2,1H3,(H2,13,14)/t8-,10?/m1/s1. The van der Waals surface area contributed by atoms with Crippen LogP contribution in [0.3, 0.4) is 0 Å². The zero-order chi connectivity index (χ0) is 10.1. The van der Waals surface area contributed by atoms with E-state index in [-0.39, 0.29) is 11.8 Å². The van der Waals surface area contributed by atoms with E-state index in [1.165, 1.54) is 11.1 Å². The molecule has 0 radical (unpaired) electrons. The second-order valence-electron chi connectivity index (χ2n) is 4.04. The molecule has 1 amide bonds. The van der Waals surface area contributed by atoms with Crippen molar-refractivity contribution in [2.75, 3.05) is 0 Å². The lowest BCUT2D eigenvalue weighted by Crippen LogP contribution is -2.25. The van der Waals surface area contributed by atoms with Crippen molar-refractivity contribution < 1.29 is 4.79 Å². The Morgan fingerprint density at radius 3 is 2.93 bits per heavy atom. The molecule has 0 saturated carbocycles. The van der Waals surface area contributed by atoms with Crippen LogP contribution in [0.1, 0.15) is 30.4 Å². The molecule has 1 aliphatic carbocycles. The first-order chi connectivity index (χ1) is 6.70. The van der Waals surface area contributed by atoms with E-state index in [0.717, 1.165) is 12.8 Å². The summed E-state index contributed by atoms with van der Waals surface area (Å²) in [7, 11) is 0. The van der Waals surface area contributed by atoms with Crippen LogP contribution in [-0.4, -0.2) is 5.91 Å². The fourth-order valence-corrected chi connectivity index (χ4v) is 2.31. The molecule has 0 spiro atoms. The molecule has 0 aromatic heterocycles. The van der Waals surface area contributed by atoms with Gasteiger partial charge in [-0.05, 0) is 29.9 Å². The van der Waals surface area contributed by atoms with E-state index < -0.39 is 0 Å². The van der Waals surface area contributed by atoms with Crippen LogP contribution < -0.4 is 5.73 Å². The summed E-state index contributed by atoms with van der Waals surface area (Å²) in [6.07, 6.45) is 2.14. The third-order valence-corrected chi connectivity index (χ3v) is 3.23. The molecule has 1 aromatic carbocycles. The minimum Gasteiger partial charge on any atom is -0.369 e. The van der Waals surface area contributed by atoms with Gasteiger partial charge in [0.25, 0.3) is 0 Å². The number of hydrogen-bond acceptors (Lipinski definition) is 1. The van der Waals surface area contributed by atoms with Gasteiger partial charge in [-0.2, -0.15) is 0 Å². The van der Waals surface area contributed by atoms with Crippen molar-refractivity contribution in [3.63, 3.8) is 0 Å². The monoisotopic (exact) mass is 189 g/mol. The van der Waals surface area contributed by atoms with Crippen molar-refractivity contribution in [2.45, 2.75) is 25.7 Å². The minimum atomic E-state index is -0.188. The van der Waals surface area contributed by atoms with Crippen LogP contribution >= 0.6 is 0 Å². The molecule has 0 heterocycles. The van der Waals surface area contributed by atoms with Gasteiger partial charge in [0.1, 0.15) is 0 Å². The summed E-state index contributed by atoms with van der Waals surface area (Å²) in [4.78, 5) is 11.1. The Morgan fingerprint density at radius 2 is 2.21 bits per heavy atom. The van der Waals surface area contributed by atoms with Crippen LogP contribution in [0, 0.1) is 5.92 Å². The van der Waals surface area contributed by atoms with Gasteiger partial charge in [-0.3, -0.25) is 4.79 Å². The summed E-state index contributed by atoms with van der Waals surface area (Å²) in [5.74, 6) is 0.106. The number of carbonyl (C=O) groups excluding carboxylic acids is 1. The van der Waals surface area contributed by atoms with Crippen molar-refractivity contribution in [1.82, 2.24) is 0 Å². The van der Waals surface area contributed by atoms with E-state index >= 15 is 0 Å². The summed E-state index contributed by atoms with van der Waals surface area (Å²) in [5, 5.41) is 0. The number of aryl methyl sites for hydroxylation is 1. The van der Waals surface area contributed by atoms with Gasteiger partial charge in [0.2, 0.25) is 5.91 Å². The highest BCUT2D eigenvalue weighted by Crippen LogP contribution is 2.37. The Hall–Kier alpha value is -1.31. The van der Waals surface area contributed by atoms with E-state index in [2.05, 4.69) is 18.2 Å². The quantitative estimate of drug-likeness (QED) is 0.757. The second kappa shape index (κ2) is 3.45. The normalized spacial score (nSPS) is 21.6. The van der Waals surface area contributed by atoms with Crippen LogP contribution in [-0.2, 0) is 11.2 Å². The number of amides is 1. The largest absolute Gasteiger partial charge is 0.369 e. The molecule has 0 fully saturated rings. The Balaban J connectivity index is 2.30. The van der Waals surface area contributed by atoms with Crippen molar-refractivity contribution in [2.24, 2.45) is 11.7 Å². The van der Waals surface area contributed by atoms with E-state index in [4.69, 9.17) is 5.73 Å². The molecular formula is C12H15NO. The number of fused-ring (bicyclic) bond motifs is 1. The zero-order valence-corrected chi connectivity index (χ0v) is 8.36. The molecule has 2 atom stereocenters. The van der Waals surface area contributed by atoms with Crippen molar-refractivity contribution >= 4 is 5.91 Å². The Morgan fingerprint density at radius 1 is 1.50 bits per heavy atom. The third kappa shape index (κ3) is 1.41. The Bertz CT molecular complexity index is 359. The molecule has 74 valence electrons. The average Bonchev–Trinajstić information content (AvgIpc) is 2.60. The molecule has 14 heavy (non-hydrogen) atoms. The van der Waals surface area contributed by atoms with Crippen LogP contribution in [0.15, 0.2) is 24.3 Å². The smallest absolute Gasteiger partial charge is 0.220 e. The molecule has 2 nitrogen and oxygen atoms in total. The van der Waals surface area contributed by atoms with Crippen LogP contribution in [0.2, 0.25) is 0 Å². The topological polar surface area (TPSA) is 43.1 Å². The average molecular weight is 189 g/mol. The third-order valence-electron chi connectivity index (χ3n) is 3.23. The van der Waals surface area contributed by atoms with Gasteiger partial charge in [-0.25, -0.2) is 0 Å². The van der Waals surface area contributed by atoms with Gasteiger partial charge in [0, 0.05) is 5.92 Å². The first-order valence-electron chi connectivity index (χ1n) is 5.07. The maximum Gasteiger partial charge on any atom is 0.220 e. The van der Waals surface area contributed by atoms with Crippen molar-refractivity contribution in [3.8, 4) is 0 Å². The van der Waals surface area contributed by atoms with E-state index in [1.807, 2.05) is 13.0 Å². The molecule has 2 N–H and O–H groups in total. The highest BCUT2D eigenvalue weighted by molar-refractivity contribution is 5.77. The molecular weight excluding hydrogens is 174 g/mol. The number of nitrogens with two attached hydrogens (primary N) is 1. The molecule has 1 aliphatic rings. The molecule has 2 heteroatoms. The lowest BCUT2D eigenvalue weighted by molar-refractivity contribution is -0.121. The maximum atomic E-state index is 11.1. The first-order valence-corrected chi connectivity index (χ1v) is 5.07. The zero-order valence-electron chi connectivity index (χ0n) is 8.36. The molecule has 1 aromatic rings. The maximum absolute atomic E-state index is 11.1. The summed E-state index contributed by atoms with van der Waals surface area (Å²) in [6, 6.07) is 8.34. The van der Waals surface area contributed by atoms with Crippen LogP contribution in [0.4, 0.5) is 0 Å². The fraction of sp³-hybridized carbons (Fsp3) is 0.417. The van der Waals surface area contributed by atoms with E-state index in [9.17, 15) is 4.79 Å². The summed E-state index contributed by atoms with van der Waals surface area (Å²) in [6.45, 7) is 1.93. The molecule has 2 rings (SSSR count). The molecule has 1 unspecified atom stereocenters. The van der Waals surface area contributed by atoms with Crippen molar-refractivity contribution in [1.29, 1.82) is 0 Å². The van der Waals surface area contributed by atoms with Crippen LogP contribution in [0.5, 0.6) is 0 Å². The fourth-order valence-electron chi connectivity index (χ4n) is 2.31. The van der Waals surface area contributed by atoms with Gasteiger partial charge in [0.15, 0.2) is 0 Å². The van der Waals surface area contributed by atoms with Crippen LogP contribution in [0.25, 0.3) is 0 Å². The van der Waals surface area contributed by atoms with E-state index in [1.54, 1.807) is 0 Å². The highest BCUT2D eigenvalue weighted by atomic mass is 16.1. The Labute approximate surface area is 84.1 Å². The van der Waals surface area contributed by atoms with Gasteiger partial charge < -0.3 is 5.73 Å². The molecule has 0 saturated heterocycles. The summed E-state index contributed by atoms with van der Waals surface area (Å²) < 4.78 is 0. The van der Waals surface area contributed by atoms with Crippen molar-refractivity contribution in [3.05, 3.63) is 35.4 Å². The highest BCUT2D eigenvalue weighted by Gasteiger charge is 2.29. The van der Waals surface area contributed by atoms with Gasteiger partial charge in [-0.1, -0.05) is 31.2 Å². The molecule has 0 bridgehead atoms. The number of primary amides is 1. The second-order valence-corrected chi connectivity index (χ2v) is 4.04. The first kappa shape index (κ1) is 9.25. The van der Waals surface area contributed by atoms with Gasteiger partial charge >= 0.3 is 0 Å². The van der Waals surface area contributed by atoms with Gasteiger partial charge in [0.05, 0.1) is 0 Å². The predicted molar refractivity (Wildman–Crippen MR) is 55.9 cm³/mol. The lowest BCUT2D eigenvalue weighted by atomic mass is 9.88. The molecule has 0 aliphatic heterocycles. The number of hydrogen-bond donors (Lipinski definition) is 1. The number of rotatable bonds is 2. The SMILES string of the molecule is C[C@@H](C(N)=O)C1CCc2ccccc21. The number of benzene rings is 1. The predicted octanol–water partition coefficient (Wildman–Crippen LogP) is 1.84. The Kier molecular flexibility index (Phi) is 2.28. The number of carbonyl (C=O) groups is 1. The van der Waals surface area contributed by atoms with Gasteiger partial charge in [-0.15, -0.1) is 0 Å².